The van der Waals surface area contributed by atoms with Gasteiger partial charge in [0.15, 0.2) is 0 Å². The Morgan fingerprint density at radius 2 is 1.96 bits per heavy atom. The van der Waals surface area contributed by atoms with Gasteiger partial charge < -0.3 is 14.5 Å². The number of carbonyl (C=O) groups is 2. The van der Waals surface area contributed by atoms with Crippen molar-refractivity contribution in [1.29, 1.82) is 0 Å². The maximum Gasteiger partial charge on any atom is 0.338 e. The second-order valence-electron chi connectivity index (χ2n) is 5.60. The molecule has 0 unspecified atom stereocenters. The third-order valence-corrected chi connectivity index (χ3v) is 3.79. The number of ether oxygens (including phenoxy) is 1. The Morgan fingerprint density at radius 1 is 1.20 bits per heavy atom. The van der Waals surface area contributed by atoms with Crippen molar-refractivity contribution in [2.75, 3.05) is 5.32 Å². The van der Waals surface area contributed by atoms with Crippen LogP contribution in [-0.4, -0.2) is 11.9 Å². The van der Waals surface area contributed by atoms with Gasteiger partial charge in [-0.2, -0.15) is 0 Å². The lowest BCUT2D eigenvalue weighted by atomic mass is 10.1. The zero-order valence-corrected chi connectivity index (χ0v) is 13.8. The predicted octanol–water partition coefficient (Wildman–Crippen LogP) is 4.20. The number of amides is 1. The summed E-state index contributed by atoms with van der Waals surface area (Å²) in [5.41, 5.74) is 1.70. The van der Waals surface area contributed by atoms with E-state index in [9.17, 15) is 14.0 Å². The van der Waals surface area contributed by atoms with E-state index in [-0.39, 0.29) is 17.9 Å². The maximum absolute atomic E-state index is 13.6. The summed E-state index contributed by atoms with van der Waals surface area (Å²) in [7, 11) is 0. The van der Waals surface area contributed by atoms with Crippen LogP contribution in [0.5, 0.6) is 0 Å². The van der Waals surface area contributed by atoms with Crippen LogP contribution in [0.25, 0.3) is 11.0 Å². The van der Waals surface area contributed by atoms with E-state index < -0.39 is 17.7 Å². The van der Waals surface area contributed by atoms with Crippen LogP contribution in [0.3, 0.4) is 0 Å². The molecule has 3 rings (SSSR count). The van der Waals surface area contributed by atoms with Gasteiger partial charge in [-0.25, -0.2) is 9.18 Å². The average Bonchev–Trinajstić information content (AvgIpc) is 2.91. The van der Waals surface area contributed by atoms with Crippen molar-refractivity contribution in [1.82, 2.24) is 0 Å². The first-order valence-electron chi connectivity index (χ1n) is 7.67. The summed E-state index contributed by atoms with van der Waals surface area (Å²) < 4.78 is 24.6. The van der Waals surface area contributed by atoms with Gasteiger partial charge in [-0.3, -0.25) is 4.79 Å². The molecule has 25 heavy (non-hydrogen) atoms. The number of esters is 1. The highest BCUT2D eigenvalue weighted by Gasteiger charge is 2.15. The molecule has 3 aromatic rings. The highest BCUT2D eigenvalue weighted by Crippen LogP contribution is 2.26. The number of halogens is 1. The molecule has 0 aliphatic heterocycles. The van der Waals surface area contributed by atoms with Crippen LogP contribution in [0.1, 0.15) is 28.6 Å². The first kappa shape index (κ1) is 16.7. The SMILES string of the molecule is CC(=O)Nc1cc(C(=O)OCc2oc3ccccc3c2C)ccc1F. The van der Waals surface area contributed by atoms with Gasteiger partial charge in [-0.15, -0.1) is 0 Å². The molecule has 1 N–H and O–H groups in total. The van der Waals surface area contributed by atoms with Gasteiger partial charge in [0.1, 0.15) is 23.8 Å². The van der Waals surface area contributed by atoms with Crippen LogP contribution >= 0.6 is 0 Å². The van der Waals surface area contributed by atoms with Crippen molar-refractivity contribution in [3.8, 4) is 0 Å². The summed E-state index contributed by atoms with van der Waals surface area (Å²) in [6.45, 7) is 3.11. The molecule has 0 radical (unpaired) electrons. The van der Waals surface area contributed by atoms with Gasteiger partial charge in [0.25, 0.3) is 0 Å². The topological polar surface area (TPSA) is 68.5 Å². The van der Waals surface area contributed by atoms with Gasteiger partial charge in [0.2, 0.25) is 5.91 Å². The van der Waals surface area contributed by atoms with Crippen LogP contribution in [0, 0.1) is 12.7 Å². The number of nitrogens with one attached hydrogen (secondary N) is 1. The first-order valence-corrected chi connectivity index (χ1v) is 7.67. The van der Waals surface area contributed by atoms with E-state index >= 15 is 0 Å². The minimum atomic E-state index is -0.633. The van der Waals surface area contributed by atoms with E-state index in [0.717, 1.165) is 22.6 Å². The first-order chi connectivity index (χ1) is 12.0. The largest absolute Gasteiger partial charge is 0.457 e. The number of anilines is 1. The molecule has 1 amide bonds. The minimum Gasteiger partial charge on any atom is -0.457 e. The fraction of sp³-hybridized carbons (Fsp3) is 0.158. The van der Waals surface area contributed by atoms with Crippen LogP contribution in [0.15, 0.2) is 46.9 Å². The van der Waals surface area contributed by atoms with Gasteiger partial charge >= 0.3 is 5.97 Å². The Kier molecular flexibility index (Phi) is 4.52. The molecule has 5 nitrogen and oxygen atoms in total. The quantitative estimate of drug-likeness (QED) is 0.722. The second-order valence-corrected chi connectivity index (χ2v) is 5.60. The zero-order chi connectivity index (χ0) is 18.0. The third-order valence-electron chi connectivity index (χ3n) is 3.79. The third kappa shape index (κ3) is 3.52. The number of rotatable bonds is 4. The van der Waals surface area contributed by atoms with Crippen molar-refractivity contribution in [3.05, 3.63) is 65.2 Å². The van der Waals surface area contributed by atoms with E-state index in [1.54, 1.807) is 0 Å². The molecular weight excluding hydrogens is 325 g/mol. The highest BCUT2D eigenvalue weighted by molar-refractivity contribution is 5.94. The molecule has 0 aliphatic rings. The molecule has 6 heteroatoms. The van der Waals surface area contributed by atoms with Gasteiger partial charge in [-0.1, -0.05) is 18.2 Å². The molecular formula is C19H16FNO4. The van der Waals surface area contributed by atoms with E-state index in [0.29, 0.717) is 5.76 Å². The van der Waals surface area contributed by atoms with E-state index in [4.69, 9.17) is 9.15 Å². The molecule has 0 atom stereocenters. The van der Waals surface area contributed by atoms with Crippen LogP contribution in [-0.2, 0) is 16.1 Å². The summed E-state index contributed by atoms with van der Waals surface area (Å²) in [6, 6.07) is 11.2. The normalized spacial score (nSPS) is 10.7. The average molecular weight is 341 g/mol. The molecule has 0 fully saturated rings. The number of hydrogen-bond donors (Lipinski definition) is 1. The molecule has 0 saturated heterocycles. The fourth-order valence-corrected chi connectivity index (χ4v) is 2.51. The molecule has 0 spiro atoms. The Morgan fingerprint density at radius 3 is 2.68 bits per heavy atom. The molecule has 1 heterocycles. The lowest BCUT2D eigenvalue weighted by molar-refractivity contribution is -0.114. The van der Waals surface area contributed by atoms with Crippen LogP contribution in [0.2, 0.25) is 0 Å². The number of hydrogen-bond acceptors (Lipinski definition) is 4. The highest BCUT2D eigenvalue weighted by atomic mass is 19.1. The van der Waals surface area contributed by atoms with Crippen molar-refractivity contribution in [2.45, 2.75) is 20.5 Å². The Hall–Kier alpha value is -3.15. The summed E-state index contributed by atoms with van der Waals surface area (Å²) in [5, 5.41) is 3.29. The van der Waals surface area contributed by atoms with Crippen molar-refractivity contribution in [2.24, 2.45) is 0 Å². The summed E-state index contributed by atoms with van der Waals surface area (Å²) in [6.07, 6.45) is 0. The molecule has 0 bridgehead atoms. The summed E-state index contributed by atoms with van der Waals surface area (Å²) in [4.78, 5) is 23.3. The Balaban J connectivity index is 1.76. The fourth-order valence-electron chi connectivity index (χ4n) is 2.51. The zero-order valence-electron chi connectivity index (χ0n) is 13.8. The van der Waals surface area contributed by atoms with E-state index in [1.165, 1.54) is 19.1 Å². The Labute approximate surface area is 143 Å². The van der Waals surface area contributed by atoms with Gasteiger partial charge in [-0.05, 0) is 31.2 Å². The number of para-hydroxylation sites is 1. The smallest absolute Gasteiger partial charge is 0.338 e. The van der Waals surface area contributed by atoms with Crippen molar-refractivity contribution >= 4 is 28.5 Å². The van der Waals surface area contributed by atoms with E-state index in [2.05, 4.69) is 5.32 Å². The van der Waals surface area contributed by atoms with Gasteiger partial charge in [0, 0.05) is 17.9 Å². The van der Waals surface area contributed by atoms with Crippen LogP contribution in [0.4, 0.5) is 10.1 Å². The molecule has 2 aromatic carbocycles. The molecule has 128 valence electrons. The monoisotopic (exact) mass is 341 g/mol. The number of carbonyl (C=O) groups excluding carboxylic acids is 2. The van der Waals surface area contributed by atoms with Crippen LogP contribution < -0.4 is 5.32 Å². The maximum atomic E-state index is 13.6. The lowest BCUT2D eigenvalue weighted by Crippen LogP contribution is -2.10. The summed E-state index contributed by atoms with van der Waals surface area (Å²) in [5.74, 6) is -1.13. The number of aryl methyl sites for hydroxylation is 1. The van der Waals surface area contributed by atoms with Crippen molar-refractivity contribution in [3.63, 3.8) is 0 Å². The molecule has 1 aromatic heterocycles. The lowest BCUT2D eigenvalue weighted by Gasteiger charge is -2.07. The van der Waals surface area contributed by atoms with Gasteiger partial charge in [0.05, 0.1) is 11.3 Å². The number of furan rings is 1. The summed E-state index contributed by atoms with van der Waals surface area (Å²) >= 11 is 0. The second kappa shape index (κ2) is 6.76. The standard InChI is InChI=1S/C19H16FNO4/c1-11-14-5-3-4-6-17(14)25-18(11)10-24-19(23)13-7-8-15(20)16(9-13)21-12(2)22/h3-9H,10H2,1-2H3,(H,21,22). The predicted molar refractivity (Wildman–Crippen MR) is 90.8 cm³/mol. The molecule has 0 saturated carbocycles. The molecule has 0 aliphatic carbocycles. The minimum absolute atomic E-state index is 0.0355. The Bertz CT molecular complexity index is 961. The number of benzene rings is 2. The van der Waals surface area contributed by atoms with E-state index in [1.807, 2.05) is 31.2 Å². The van der Waals surface area contributed by atoms with Crippen molar-refractivity contribution < 1.29 is 23.1 Å². The number of fused-ring (bicyclic) bond motifs is 1.